The highest BCUT2D eigenvalue weighted by Crippen LogP contribution is 2.42. The molecule has 0 saturated carbocycles. The Morgan fingerprint density at radius 1 is 1.19 bits per heavy atom. The van der Waals surface area contributed by atoms with Crippen LogP contribution in [0.25, 0.3) is 33.1 Å². The largest absolute Gasteiger partial charge is 0.461 e. The Labute approximate surface area is 248 Å². The molecule has 0 aliphatic carbocycles. The standard InChI is InChI=1S/C32H36F2N8O/c1-4-31-8-6-21(39-31)15-41(16-31)29-23-12-35-28(25-19(3)18(2)10-24-22(25)13-36-40-24)26(34)27(23)37-30(38-29)43-17-32-7-5-9-42(32)14-20(33)11-32/h4,10,12-13,20-21,39H,1,5-9,11,14-17H2,2-3H3,(H,36,40). The van der Waals surface area contributed by atoms with E-state index in [1.165, 1.54) is 0 Å². The highest BCUT2D eigenvalue weighted by atomic mass is 19.1. The smallest absolute Gasteiger partial charge is 0.319 e. The van der Waals surface area contributed by atoms with Gasteiger partial charge in [0.05, 0.1) is 28.2 Å². The first-order valence-electron chi connectivity index (χ1n) is 15.3. The number of anilines is 1. The number of nitrogens with zero attached hydrogens (tertiary/aromatic N) is 6. The zero-order chi connectivity index (χ0) is 29.5. The molecule has 4 aliphatic rings. The molecule has 43 heavy (non-hydrogen) atoms. The molecule has 2 bridgehead atoms. The third-order valence-electron chi connectivity index (χ3n) is 10.4. The molecule has 9 nitrogen and oxygen atoms in total. The summed E-state index contributed by atoms with van der Waals surface area (Å²) in [6, 6.07) is 2.39. The minimum absolute atomic E-state index is 0.107. The molecule has 0 radical (unpaired) electrons. The molecule has 0 amide bonds. The number of ether oxygens (including phenoxy) is 1. The van der Waals surface area contributed by atoms with Crippen LogP contribution in [0.2, 0.25) is 0 Å². The summed E-state index contributed by atoms with van der Waals surface area (Å²) in [6.07, 6.45) is 8.83. The number of piperazine rings is 1. The monoisotopic (exact) mass is 586 g/mol. The first-order valence-corrected chi connectivity index (χ1v) is 15.3. The molecule has 1 aromatic carbocycles. The molecular formula is C32H36F2N8O. The zero-order valence-electron chi connectivity index (χ0n) is 24.6. The summed E-state index contributed by atoms with van der Waals surface area (Å²) >= 11 is 0. The quantitative estimate of drug-likeness (QED) is 0.312. The minimum atomic E-state index is -0.869. The minimum Gasteiger partial charge on any atom is -0.461 e. The summed E-state index contributed by atoms with van der Waals surface area (Å²) in [5, 5.41) is 12.2. The number of alkyl halides is 1. The number of halogens is 2. The van der Waals surface area contributed by atoms with E-state index in [1.807, 2.05) is 26.0 Å². The number of fused-ring (bicyclic) bond motifs is 5. The van der Waals surface area contributed by atoms with Gasteiger partial charge in [0.1, 0.15) is 29.8 Å². The fraction of sp³-hybridized carbons (Fsp3) is 0.500. The molecule has 4 fully saturated rings. The summed E-state index contributed by atoms with van der Waals surface area (Å²) < 4.78 is 37.6. The topological polar surface area (TPSA) is 95.1 Å². The Bertz CT molecular complexity index is 1780. The van der Waals surface area contributed by atoms with Crippen LogP contribution < -0.4 is 15.0 Å². The van der Waals surface area contributed by atoms with Crippen molar-refractivity contribution in [2.45, 2.75) is 69.2 Å². The molecule has 3 aromatic heterocycles. The van der Waals surface area contributed by atoms with Crippen molar-refractivity contribution in [3.8, 4) is 17.3 Å². The first kappa shape index (κ1) is 26.9. The maximum Gasteiger partial charge on any atom is 0.319 e. The van der Waals surface area contributed by atoms with Crippen LogP contribution in [0.5, 0.6) is 6.01 Å². The number of benzene rings is 1. The summed E-state index contributed by atoms with van der Waals surface area (Å²) in [4.78, 5) is 18.6. The van der Waals surface area contributed by atoms with Crippen molar-refractivity contribution in [1.82, 2.24) is 35.4 Å². The van der Waals surface area contributed by atoms with Gasteiger partial charge < -0.3 is 15.0 Å². The van der Waals surface area contributed by atoms with E-state index in [9.17, 15) is 4.39 Å². The average Bonchev–Trinajstić information content (AvgIpc) is 3.76. The number of pyridine rings is 1. The zero-order valence-corrected chi connectivity index (χ0v) is 24.6. The fourth-order valence-electron chi connectivity index (χ4n) is 8.09. The molecule has 4 aromatic rings. The SMILES string of the molecule is C=CC12CCC(CN(c3nc(OCC45CCCN4CC(F)C5)nc4c(F)c(-c5c(C)c(C)cc6[nH]ncc56)ncc34)C1)N2. The maximum absolute atomic E-state index is 16.8. The van der Waals surface area contributed by atoms with Gasteiger partial charge >= 0.3 is 6.01 Å². The van der Waals surface area contributed by atoms with E-state index in [0.717, 1.165) is 60.8 Å². The molecule has 8 rings (SSSR count). The van der Waals surface area contributed by atoms with Crippen LogP contribution in [0, 0.1) is 19.7 Å². The van der Waals surface area contributed by atoms with Crippen LogP contribution in [-0.4, -0.2) is 86.1 Å². The molecule has 4 unspecified atom stereocenters. The molecule has 2 N–H and O–H groups in total. The Balaban J connectivity index is 1.26. The molecule has 4 atom stereocenters. The third kappa shape index (κ3) is 4.15. The van der Waals surface area contributed by atoms with Crippen molar-refractivity contribution in [3.63, 3.8) is 0 Å². The number of aryl methyl sites for hydroxylation is 1. The number of hydrogen-bond donors (Lipinski definition) is 2. The predicted molar refractivity (Wildman–Crippen MR) is 162 cm³/mol. The maximum atomic E-state index is 16.8. The van der Waals surface area contributed by atoms with Gasteiger partial charge in [-0.15, -0.1) is 6.58 Å². The summed E-state index contributed by atoms with van der Waals surface area (Å²) in [7, 11) is 0. The van der Waals surface area contributed by atoms with Crippen molar-refractivity contribution in [2.75, 3.05) is 37.7 Å². The number of aromatic nitrogens is 5. The summed E-state index contributed by atoms with van der Waals surface area (Å²) in [5.41, 5.74) is 3.23. The molecule has 0 spiro atoms. The van der Waals surface area contributed by atoms with Gasteiger partial charge in [0.2, 0.25) is 0 Å². The van der Waals surface area contributed by atoms with Crippen LogP contribution >= 0.6 is 0 Å². The lowest BCUT2D eigenvalue weighted by Gasteiger charge is -2.40. The Hall–Kier alpha value is -3.70. The van der Waals surface area contributed by atoms with Crippen LogP contribution in [0.4, 0.5) is 14.6 Å². The highest BCUT2D eigenvalue weighted by Gasteiger charge is 2.49. The van der Waals surface area contributed by atoms with Gasteiger partial charge in [-0.2, -0.15) is 15.1 Å². The molecule has 4 aliphatic heterocycles. The lowest BCUT2D eigenvalue weighted by atomic mass is 9.95. The van der Waals surface area contributed by atoms with Gasteiger partial charge in [0, 0.05) is 49.2 Å². The number of H-pyrrole nitrogens is 1. The number of hydrogen-bond acceptors (Lipinski definition) is 8. The molecule has 7 heterocycles. The Morgan fingerprint density at radius 2 is 2.07 bits per heavy atom. The van der Waals surface area contributed by atoms with Crippen molar-refractivity contribution in [2.24, 2.45) is 0 Å². The normalized spacial score (nSPS) is 28.7. The fourth-order valence-corrected chi connectivity index (χ4v) is 8.09. The van der Waals surface area contributed by atoms with Crippen LogP contribution in [0.3, 0.4) is 0 Å². The van der Waals surface area contributed by atoms with E-state index < -0.39 is 12.0 Å². The lowest BCUT2D eigenvalue weighted by Crippen LogP contribution is -2.58. The number of rotatable bonds is 6. The Kier molecular flexibility index (Phi) is 6.04. The van der Waals surface area contributed by atoms with Crippen LogP contribution in [0.1, 0.15) is 43.2 Å². The van der Waals surface area contributed by atoms with Crippen molar-refractivity contribution in [3.05, 3.63) is 48.1 Å². The van der Waals surface area contributed by atoms with Gasteiger partial charge in [0.15, 0.2) is 5.82 Å². The van der Waals surface area contributed by atoms with Gasteiger partial charge in [-0.3, -0.25) is 15.0 Å². The second-order valence-corrected chi connectivity index (χ2v) is 13.0. The highest BCUT2D eigenvalue weighted by molar-refractivity contribution is 5.99. The van der Waals surface area contributed by atoms with Crippen molar-refractivity contribution in [1.29, 1.82) is 0 Å². The van der Waals surface area contributed by atoms with Crippen LogP contribution in [0.15, 0.2) is 31.1 Å². The van der Waals surface area contributed by atoms with Gasteiger partial charge in [-0.25, -0.2) is 8.78 Å². The molecule has 11 heteroatoms. The van der Waals surface area contributed by atoms with Crippen LogP contribution in [-0.2, 0) is 0 Å². The predicted octanol–water partition coefficient (Wildman–Crippen LogP) is 4.78. The van der Waals surface area contributed by atoms with Crippen molar-refractivity contribution >= 4 is 27.6 Å². The third-order valence-corrected chi connectivity index (χ3v) is 10.4. The average molecular weight is 587 g/mol. The summed E-state index contributed by atoms with van der Waals surface area (Å²) in [6.45, 7) is 11.0. The molecule has 4 saturated heterocycles. The molecular weight excluding hydrogens is 550 g/mol. The lowest BCUT2D eigenvalue weighted by molar-refractivity contribution is 0.107. The first-order chi connectivity index (χ1) is 20.8. The van der Waals surface area contributed by atoms with Gasteiger partial charge in [-0.1, -0.05) is 6.08 Å². The van der Waals surface area contributed by atoms with E-state index in [0.29, 0.717) is 36.3 Å². The molecule has 224 valence electrons. The van der Waals surface area contributed by atoms with E-state index in [-0.39, 0.29) is 40.9 Å². The van der Waals surface area contributed by atoms with Gasteiger partial charge in [0.25, 0.3) is 0 Å². The Morgan fingerprint density at radius 3 is 2.93 bits per heavy atom. The summed E-state index contributed by atoms with van der Waals surface area (Å²) in [5.74, 6) is 0.0756. The van der Waals surface area contributed by atoms with Crippen molar-refractivity contribution < 1.29 is 13.5 Å². The van der Waals surface area contributed by atoms with E-state index in [2.05, 4.69) is 36.9 Å². The van der Waals surface area contributed by atoms with E-state index >= 15 is 4.39 Å². The number of nitrogens with one attached hydrogen (secondary N) is 2. The number of aromatic amines is 1. The second kappa shape index (κ2) is 9.65. The van der Waals surface area contributed by atoms with E-state index in [4.69, 9.17) is 14.7 Å². The van der Waals surface area contributed by atoms with E-state index in [1.54, 1.807) is 12.4 Å². The van der Waals surface area contributed by atoms with Gasteiger partial charge in [-0.05, 0) is 63.3 Å². The second-order valence-electron chi connectivity index (χ2n) is 13.0.